The van der Waals surface area contributed by atoms with Gasteiger partial charge >= 0.3 is 5.97 Å². The molecular weight excluding hydrogens is 272 g/mol. The molecule has 1 aromatic carbocycles. The molecule has 0 unspecified atom stereocenters. The molecule has 1 fully saturated rings. The highest BCUT2D eigenvalue weighted by molar-refractivity contribution is 5.87. The van der Waals surface area contributed by atoms with Crippen LogP contribution in [0.25, 0.3) is 0 Å². The zero-order valence-corrected chi connectivity index (χ0v) is 14.3. The van der Waals surface area contributed by atoms with Crippen molar-refractivity contribution in [3.05, 3.63) is 48.0 Å². The number of hydrogen-bond donors (Lipinski definition) is 0. The molecule has 0 radical (unpaired) electrons. The van der Waals surface area contributed by atoms with Crippen molar-refractivity contribution < 1.29 is 9.53 Å². The minimum absolute atomic E-state index is 0.0125. The van der Waals surface area contributed by atoms with Gasteiger partial charge in [0, 0.05) is 11.5 Å². The van der Waals surface area contributed by atoms with E-state index in [0.717, 1.165) is 12.8 Å². The maximum Gasteiger partial charge on any atom is 0.333 e. The van der Waals surface area contributed by atoms with E-state index >= 15 is 0 Å². The summed E-state index contributed by atoms with van der Waals surface area (Å²) in [5.74, 6) is 0.688. The lowest BCUT2D eigenvalue weighted by molar-refractivity contribution is -0.151. The zero-order valence-electron chi connectivity index (χ0n) is 14.3. The summed E-state index contributed by atoms with van der Waals surface area (Å²) in [6.07, 6.45) is 3.21. The summed E-state index contributed by atoms with van der Waals surface area (Å²) in [4.78, 5) is 12.0. The number of ether oxygens (including phenoxy) is 1. The van der Waals surface area contributed by atoms with Crippen molar-refractivity contribution in [1.82, 2.24) is 0 Å². The number of carbonyl (C=O) groups is 1. The largest absolute Gasteiger partial charge is 0.459 e. The summed E-state index contributed by atoms with van der Waals surface area (Å²) < 4.78 is 5.81. The van der Waals surface area contributed by atoms with Gasteiger partial charge in [-0.1, -0.05) is 64.1 Å². The van der Waals surface area contributed by atoms with Crippen molar-refractivity contribution in [2.24, 2.45) is 11.8 Å². The maximum atomic E-state index is 12.0. The predicted molar refractivity (Wildman–Crippen MR) is 90.7 cm³/mol. The van der Waals surface area contributed by atoms with Crippen molar-refractivity contribution in [1.29, 1.82) is 0 Å². The first kappa shape index (κ1) is 16.8. The van der Waals surface area contributed by atoms with E-state index < -0.39 is 0 Å². The summed E-state index contributed by atoms with van der Waals surface area (Å²) in [5.41, 5.74) is 1.78. The fourth-order valence-electron chi connectivity index (χ4n) is 3.60. The number of hydrogen-bond acceptors (Lipinski definition) is 2. The Balaban J connectivity index is 2.25. The molecule has 1 aromatic rings. The van der Waals surface area contributed by atoms with Crippen LogP contribution in [0, 0.1) is 11.8 Å². The summed E-state index contributed by atoms with van der Waals surface area (Å²) >= 11 is 0. The first-order valence-corrected chi connectivity index (χ1v) is 8.24. The maximum absolute atomic E-state index is 12.0. The van der Waals surface area contributed by atoms with Gasteiger partial charge in [0.05, 0.1) is 0 Å². The van der Waals surface area contributed by atoms with Gasteiger partial charge in [-0.25, -0.2) is 4.79 Å². The summed E-state index contributed by atoms with van der Waals surface area (Å²) in [5, 5.41) is 0. The van der Waals surface area contributed by atoms with Gasteiger partial charge in [0.15, 0.2) is 0 Å². The summed E-state index contributed by atoms with van der Waals surface area (Å²) in [6, 6.07) is 10.6. The molecule has 1 aliphatic rings. The highest BCUT2D eigenvalue weighted by atomic mass is 16.5. The first-order valence-electron chi connectivity index (χ1n) is 8.24. The van der Waals surface area contributed by atoms with Crippen LogP contribution < -0.4 is 0 Å². The molecule has 120 valence electrons. The van der Waals surface area contributed by atoms with Crippen molar-refractivity contribution in [2.75, 3.05) is 0 Å². The lowest BCUT2D eigenvalue weighted by Gasteiger charge is -2.44. The van der Waals surface area contributed by atoms with Crippen molar-refractivity contribution >= 4 is 5.97 Å². The van der Waals surface area contributed by atoms with Crippen LogP contribution in [0.1, 0.15) is 52.5 Å². The molecule has 0 saturated heterocycles. The number of benzene rings is 1. The van der Waals surface area contributed by atoms with Crippen LogP contribution in [0.2, 0.25) is 0 Å². The second-order valence-corrected chi connectivity index (χ2v) is 7.34. The van der Waals surface area contributed by atoms with E-state index in [1.807, 2.05) is 6.07 Å². The summed E-state index contributed by atoms with van der Waals surface area (Å²) in [7, 11) is 0. The third kappa shape index (κ3) is 3.60. The molecule has 1 aliphatic carbocycles. The average molecular weight is 300 g/mol. The minimum atomic E-state index is -0.257. The van der Waals surface area contributed by atoms with E-state index in [4.69, 9.17) is 4.74 Å². The van der Waals surface area contributed by atoms with Gasteiger partial charge in [-0.15, -0.1) is 0 Å². The summed E-state index contributed by atoms with van der Waals surface area (Å²) in [6.45, 7) is 12.2. The average Bonchev–Trinajstić information content (AvgIpc) is 2.47. The topological polar surface area (TPSA) is 26.3 Å². The lowest BCUT2D eigenvalue weighted by atomic mass is 9.64. The minimum Gasteiger partial charge on any atom is -0.459 e. The number of rotatable bonds is 4. The Labute approximate surface area is 134 Å². The normalized spacial score (nSPS) is 25.5. The van der Waals surface area contributed by atoms with Crippen molar-refractivity contribution in [3.8, 4) is 0 Å². The fraction of sp³-hybridized carbons (Fsp3) is 0.550. The van der Waals surface area contributed by atoms with Crippen LogP contribution in [0.4, 0.5) is 0 Å². The molecule has 0 heterocycles. The molecule has 2 heteroatoms. The van der Waals surface area contributed by atoms with Crippen LogP contribution in [0.15, 0.2) is 42.5 Å². The monoisotopic (exact) mass is 300 g/mol. The van der Waals surface area contributed by atoms with Gasteiger partial charge in [0.1, 0.15) is 6.10 Å². The fourth-order valence-corrected chi connectivity index (χ4v) is 3.60. The molecule has 3 atom stereocenters. The van der Waals surface area contributed by atoms with E-state index in [1.54, 1.807) is 6.92 Å². The van der Waals surface area contributed by atoms with Gasteiger partial charge in [-0.05, 0) is 36.7 Å². The van der Waals surface area contributed by atoms with E-state index in [9.17, 15) is 4.79 Å². The van der Waals surface area contributed by atoms with Crippen LogP contribution in [-0.2, 0) is 14.9 Å². The van der Waals surface area contributed by atoms with Crippen LogP contribution in [0.3, 0.4) is 0 Å². The molecule has 0 bridgehead atoms. The molecule has 0 spiro atoms. The number of carbonyl (C=O) groups excluding carboxylic acids is 1. The van der Waals surface area contributed by atoms with E-state index in [2.05, 4.69) is 51.6 Å². The van der Waals surface area contributed by atoms with Gasteiger partial charge in [0.25, 0.3) is 0 Å². The lowest BCUT2D eigenvalue weighted by Crippen LogP contribution is -2.43. The Morgan fingerprint density at radius 1 is 1.23 bits per heavy atom. The van der Waals surface area contributed by atoms with E-state index in [1.165, 1.54) is 12.0 Å². The third-order valence-electron chi connectivity index (χ3n) is 5.11. The van der Waals surface area contributed by atoms with E-state index in [0.29, 0.717) is 17.4 Å². The third-order valence-corrected chi connectivity index (χ3v) is 5.11. The van der Waals surface area contributed by atoms with Gasteiger partial charge in [-0.3, -0.25) is 0 Å². The Morgan fingerprint density at radius 2 is 1.86 bits per heavy atom. The molecule has 1 saturated carbocycles. The van der Waals surface area contributed by atoms with Crippen LogP contribution in [0.5, 0.6) is 0 Å². The molecule has 2 nitrogen and oxygen atoms in total. The standard InChI is InChI=1S/C20H28O2/c1-14(2)19(21)22-18-13-15(3)11-12-17(18)20(4,5)16-9-7-6-8-10-16/h6-10,15,17-18H,1,11-13H2,2-5H3/t15-,17-,18-/m0/s1. The van der Waals surface area contributed by atoms with Crippen molar-refractivity contribution in [2.45, 2.75) is 58.5 Å². The van der Waals surface area contributed by atoms with Gasteiger partial charge in [0.2, 0.25) is 0 Å². The quantitative estimate of drug-likeness (QED) is 0.584. The molecule has 22 heavy (non-hydrogen) atoms. The zero-order chi connectivity index (χ0) is 16.3. The highest BCUT2D eigenvalue weighted by Gasteiger charge is 2.41. The van der Waals surface area contributed by atoms with E-state index in [-0.39, 0.29) is 17.5 Å². The smallest absolute Gasteiger partial charge is 0.333 e. The molecule has 0 amide bonds. The Kier molecular flexibility index (Phi) is 5.10. The Morgan fingerprint density at radius 3 is 2.45 bits per heavy atom. The molecule has 0 N–H and O–H groups in total. The highest BCUT2D eigenvalue weighted by Crippen LogP contribution is 2.43. The predicted octanol–water partition coefficient (Wildman–Crippen LogP) is 4.89. The SMILES string of the molecule is C=C(C)C(=O)O[C@H]1C[C@@H](C)CC[C@@H]1C(C)(C)c1ccccc1. The molecule has 0 aromatic heterocycles. The molecule has 2 rings (SSSR count). The Bertz CT molecular complexity index is 530. The van der Waals surface area contributed by atoms with Gasteiger partial charge in [-0.2, -0.15) is 0 Å². The number of esters is 1. The Hall–Kier alpha value is -1.57. The van der Waals surface area contributed by atoms with Crippen LogP contribution >= 0.6 is 0 Å². The van der Waals surface area contributed by atoms with Crippen molar-refractivity contribution in [3.63, 3.8) is 0 Å². The first-order chi connectivity index (χ1) is 10.3. The molecule has 0 aliphatic heterocycles. The second kappa shape index (κ2) is 6.68. The second-order valence-electron chi connectivity index (χ2n) is 7.34. The van der Waals surface area contributed by atoms with Crippen LogP contribution in [-0.4, -0.2) is 12.1 Å². The molecular formula is C20H28O2. The van der Waals surface area contributed by atoms with Gasteiger partial charge < -0.3 is 4.74 Å².